The van der Waals surface area contributed by atoms with Gasteiger partial charge in [-0.05, 0) is 55.7 Å². The Labute approximate surface area is 188 Å². The van der Waals surface area contributed by atoms with Crippen LogP contribution in [0.5, 0.6) is 0 Å². The van der Waals surface area contributed by atoms with Crippen molar-refractivity contribution in [3.8, 4) is 0 Å². The molecule has 1 aliphatic rings. The van der Waals surface area contributed by atoms with Gasteiger partial charge in [-0.15, -0.1) is 0 Å². The van der Waals surface area contributed by atoms with Crippen LogP contribution in [0.15, 0.2) is 61.4 Å². The molecule has 1 heterocycles. The van der Waals surface area contributed by atoms with E-state index in [0.717, 1.165) is 28.1 Å². The molecule has 2 N–H and O–H groups in total. The van der Waals surface area contributed by atoms with Gasteiger partial charge in [0.25, 0.3) is 0 Å². The fourth-order valence-corrected chi connectivity index (χ4v) is 3.97. The van der Waals surface area contributed by atoms with Crippen LogP contribution < -0.4 is 10.6 Å². The molecule has 5 nitrogen and oxygen atoms in total. The molecule has 0 bridgehead atoms. The minimum Gasteiger partial charge on any atom is -0.368 e. The van der Waals surface area contributed by atoms with Crippen LogP contribution in [-0.4, -0.2) is 22.5 Å². The van der Waals surface area contributed by atoms with Crippen LogP contribution in [0.3, 0.4) is 0 Å². The van der Waals surface area contributed by atoms with E-state index in [1.54, 1.807) is 13.8 Å². The first-order valence-corrected chi connectivity index (χ1v) is 10.7. The number of nitrogens with one attached hydrogen (secondary N) is 2. The largest absolute Gasteiger partial charge is 0.368 e. The molecule has 31 heavy (non-hydrogen) atoms. The van der Waals surface area contributed by atoms with E-state index in [0.29, 0.717) is 36.8 Å². The molecule has 0 saturated heterocycles. The molecule has 1 unspecified atom stereocenters. The molecule has 0 aliphatic carbocycles. The lowest BCUT2D eigenvalue weighted by Crippen LogP contribution is -2.36. The molecule has 1 atom stereocenters. The van der Waals surface area contributed by atoms with Gasteiger partial charge in [-0.1, -0.05) is 43.0 Å². The third-order valence-corrected chi connectivity index (χ3v) is 5.76. The van der Waals surface area contributed by atoms with E-state index in [4.69, 9.17) is 11.6 Å². The first-order chi connectivity index (χ1) is 14.8. The summed E-state index contributed by atoms with van der Waals surface area (Å²) in [5, 5.41) is 7.21. The van der Waals surface area contributed by atoms with Gasteiger partial charge in [0.15, 0.2) is 5.78 Å². The Bertz CT molecular complexity index is 1010. The number of carbonyl (C=O) groups excluding carboxylic acids is 2. The minimum atomic E-state index is -0.342. The maximum Gasteiger partial charge on any atom is 0.152 e. The molecule has 162 valence electrons. The molecule has 3 rings (SSSR count). The molecular weight excluding hydrogens is 410 g/mol. The SMILES string of the molecule is C=C(NCc1cccc2c1CN(C(CCC(C)=O)C(C)=O)C2=C)Nc1ccc(Cl)cc1. The van der Waals surface area contributed by atoms with Gasteiger partial charge >= 0.3 is 0 Å². The van der Waals surface area contributed by atoms with E-state index in [9.17, 15) is 9.59 Å². The fourth-order valence-electron chi connectivity index (χ4n) is 3.85. The minimum absolute atomic E-state index is 0.0513. The average Bonchev–Trinajstić information content (AvgIpc) is 3.05. The highest BCUT2D eigenvalue weighted by atomic mass is 35.5. The summed E-state index contributed by atoms with van der Waals surface area (Å²) in [6, 6.07) is 13.2. The van der Waals surface area contributed by atoms with Crippen molar-refractivity contribution in [2.75, 3.05) is 5.32 Å². The van der Waals surface area contributed by atoms with Gasteiger partial charge in [-0.2, -0.15) is 0 Å². The lowest BCUT2D eigenvalue weighted by atomic mass is 10.0. The highest BCUT2D eigenvalue weighted by Gasteiger charge is 2.32. The number of Topliss-reactive ketones (excluding diaryl/α,β-unsaturated/α-hetero) is 2. The zero-order valence-corrected chi connectivity index (χ0v) is 18.8. The van der Waals surface area contributed by atoms with Crippen LogP contribution in [-0.2, 0) is 22.7 Å². The number of ketones is 2. The van der Waals surface area contributed by atoms with Crippen LogP contribution >= 0.6 is 11.6 Å². The molecule has 0 aromatic heterocycles. The number of rotatable bonds is 10. The molecule has 2 aromatic carbocycles. The van der Waals surface area contributed by atoms with Crippen molar-refractivity contribution in [3.05, 3.63) is 83.2 Å². The predicted molar refractivity (Wildman–Crippen MR) is 126 cm³/mol. The number of anilines is 1. The molecule has 1 aliphatic heterocycles. The molecule has 0 amide bonds. The lowest BCUT2D eigenvalue weighted by Gasteiger charge is -2.28. The van der Waals surface area contributed by atoms with Gasteiger partial charge in [0.1, 0.15) is 5.78 Å². The molecule has 0 saturated carbocycles. The van der Waals surface area contributed by atoms with Gasteiger partial charge < -0.3 is 20.3 Å². The van der Waals surface area contributed by atoms with E-state index in [2.05, 4.69) is 29.9 Å². The first kappa shape index (κ1) is 22.6. The summed E-state index contributed by atoms with van der Waals surface area (Å²) in [5.74, 6) is 0.817. The first-order valence-electron chi connectivity index (χ1n) is 10.3. The van der Waals surface area contributed by atoms with Crippen molar-refractivity contribution in [3.63, 3.8) is 0 Å². The van der Waals surface area contributed by atoms with Crippen molar-refractivity contribution >= 4 is 34.6 Å². The van der Waals surface area contributed by atoms with Gasteiger partial charge in [0, 0.05) is 41.5 Å². The molecule has 2 aromatic rings. The standard InChI is InChI=1S/C25H28ClN3O2/c1-16(30)8-13-25(18(3)31)29-15-24-20(6-5-7-23(24)17(29)2)14-27-19(4)28-22-11-9-21(26)10-12-22/h5-7,9-12,25,27-28H,2,4,8,13-15H2,1,3H3. The van der Waals surface area contributed by atoms with E-state index < -0.39 is 0 Å². The van der Waals surface area contributed by atoms with Gasteiger partial charge in [0.05, 0.1) is 11.9 Å². The monoisotopic (exact) mass is 437 g/mol. The summed E-state index contributed by atoms with van der Waals surface area (Å²) in [6.45, 7) is 12.6. The maximum absolute atomic E-state index is 12.3. The average molecular weight is 438 g/mol. The Morgan fingerprint density at radius 2 is 1.87 bits per heavy atom. The summed E-state index contributed by atoms with van der Waals surface area (Å²) >= 11 is 5.93. The fraction of sp³-hybridized carbons (Fsp3) is 0.280. The molecule has 0 radical (unpaired) electrons. The topological polar surface area (TPSA) is 61.4 Å². The third kappa shape index (κ3) is 5.56. The smallest absolute Gasteiger partial charge is 0.152 e. The number of hydrogen-bond acceptors (Lipinski definition) is 5. The maximum atomic E-state index is 12.3. The van der Waals surface area contributed by atoms with Crippen LogP contribution in [0, 0.1) is 0 Å². The number of fused-ring (bicyclic) bond motifs is 1. The number of hydrogen-bond donors (Lipinski definition) is 2. The Kier molecular flexibility index (Phi) is 7.18. The molecule has 6 heteroatoms. The van der Waals surface area contributed by atoms with Crippen molar-refractivity contribution in [2.45, 2.75) is 45.8 Å². The zero-order chi connectivity index (χ0) is 22.5. The van der Waals surface area contributed by atoms with Crippen LogP contribution in [0.25, 0.3) is 5.70 Å². The Morgan fingerprint density at radius 1 is 1.16 bits per heavy atom. The third-order valence-electron chi connectivity index (χ3n) is 5.51. The number of benzene rings is 2. The Hall–Kier alpha value is -3.05. The van der Waals surface area contributed by atoms with Crippen LogP contribution in [0.2, 0.25) is 5.02 Å². The second kappa shape index (κ2) is 9.84. The van der Waals surface area contributed by atoms with E-state index in [-0.39, 0.29) is 17.6 Å². The van der Waals surface area contributed by atoms with Crippen LogP contribution in [0.1, 0.15) is 43.4 Å². The van der Waals surface area contributed by atoms with E-state index >= 15 is 0 Å². The van der Waals surface area contributed by atoms with Crippen molar-refractivity contribution < 1.29 is 9.59 Å². The van der Waals surface area contributed by atoms with Crippen molar-refractivity contribution in [1.82, 2.24) is 10.2 Å². The highest BCUT2D eigenvalue weighted by Crippen LogP contribution is 2.36. The summed E-state index contributed by atoms with van der Waals surface area (Å²) < 4.78 is 0. The summed E-state index contributed by atoms with van der Waals surface area (Å²) in [5.41, 5.74) is 5.04. The summed E-state index contributed by atoms with van der Waals surface area (Å²) in [4.78, 5) is 25.8. The second-order valence-corrected chi connectivity index (χ2v) is 8.29. The second-order valence-electron chi connectivity index (χ2n) is 7.85. The van der Waals surface area contributed by atoms with Gasteiger partial charge in [-0.25, -0.2) is 0 Å². The predicted octanol–water partition coefficient (Wildman–Crippen LogP) is 5.13. The molecular formula is C25H28ClN3O2. The number of nitrogens with zero attached hydrogens (tertiary/aromatic N) is 1. The lowest BCUT2D eigenvalue weighted by molar-refractivity contribution is -0.122. The highest BCUT2D eigenvalue weighted by molar-refractivity contribution is 6.30. The van der Waals surface area contributed by atoms with Crippen molar-refractivity contribution in [1.29, 1.82) is 0 Å². The van der Waals surface area contributed by atoms with Crippen LogP contribution in [0.4, 0.5) is 5.69 Å². The van der Waals surface area contributed by atoms with Gasteiger partial charge in [-0.3, -0.25) is 4.79 Å². The molecule has 0 spiro atoms. The Morgan fingerprint density at radius 3 is 2.52 bits per heavy atom. The zero-order valence-electron chi connectivity index (χ0n) is 18.0. The van der Waals surface area contributed by atoms with E-state index in [1.807, 2.05) is 41.3 Å². The Balaban J connectivity index is 1.69. The summed E-state index contributed by atoms with van der Waals surface area (Å²) in [6.07, 6.45) is 0.891. The normalized spacial score (nSPS) is 13.5. The molecule has 0 fully saturated rings. The summed E-state index contributed by atoms with van der Waals surface area (Å²) in [7, 11) is 0. The van der Waals surface area contributed by atoms with Gasteiger partial charge in [0.2, 0.25) is 0 Å². The quantitative estimate of drug-likeness (QED) is 0.539. The van der Waals surface area contributed by atoms with Crippen molar-refractivity contribution in [2.24, 2.45) is 0 Å². The number of carbonyl (C=O) groups is 2. The number of halogens is 1. The van der Waals surface area contributed by atoms with E-state index in [1.165, 1.54) is 0 Å².